The molecule has 0 aromatic carbocycles. The molecule has 0 aromatic heterocycles. The van der Waals surface area contributed by atoms with Gasteiger partial charge in [0.05, 0.1) is 6.42 Å². The molecule has 2 heterocycles. The molecule has 3 atom stereocenters. The first-order valence-corrected chi connectivity index (χ1v) is 6.02. The molecule has 2 rings (SSSR count). The first kappa shape index (κ1) is 12.2. The van der Waals surface area contributed by atoms with Crippen LogP contribution in [0.2, 0.25) is 0 Å². The number of fused-ring (bicyclic) bond motifs is 1. The third kappa shape index (κ3) is 2.88. The van der Waals surface area contributed by atoms with Crippen molar-refractivity contribution in [2.75, 3.05) is 13.1 Å². The van der Waals surface area contributed by atoms with Crippen LogP contribution in [-0.2, 0) is 0 Å². The van der Waals surface area contributed by atoms with E-state index in [2.05, 4.69) is 10.2 Å². The van der Waals surface area contributed by atoms with Crippen molar-refractivity contribution in [3.8, 4) is 0 Å². The van der Waals surface area contributed by atoms with Gasteiger partial charge in [-0.25, -0.2) is 0 Å². The number of alkyl halides is 3. The van der Waals surface area contributed by atoms with Gasteiger partial charge in [0.1, 0.15) is 0 Å². The fourth-order valence-electron chi connectivity index (χ4n) is 3.05. The van der Waals surface area contributed by atoms with Gasteiger partial charge >= 0.3 is 6.18 Å². The maximum Gasteiger partial charge on any atom is 0.390 e. The van der Waals surface area contributed by atoms with E-state index in [4.69, 9.17) is 0 Å². The Morgan fingerprint density at radius 1 is 1.31 bits per heavy atom. The number of halogens is 3. The zero-order valence-electron chi connectivity index (χ0n) is 9.56. The number of rotatable bonds is 3. The lowest BCUT2D eigenvalue weighted by Crippen LogP contribution is -2.44. The Bertz CT molecular complexity index is 242. The highest BCUT2D eigenvalue weighted by Crippen LogP contribution is 2.29. The molecule has 16 heavy (non-hydrogen) atoms. The Morgan fingerprint density at radius 2 is 2.06 bits per heavy atom. The minimum Gasteiger partial charge on any atom is -0.310 e. The van der Waals surface area contributed by atoms with Crippen LogP contribution in [0.3, 0.4) is 0 Å². The van der Waals surface area contributed by atoms with Crippen molar-refractivity contribution < 1.29 is 13.2 Å². The molecular weight excluding hydrogens is 217 g/mol. The molecule has 0 saturated carbocycles. The van der Waals surface area contributed by atoms with E-state index in [1.807, 2.05) is 0 Å². The van der Waals surface area contributed by atoms with Crippen LogP contribution >= 0.6 is 0 Å². The fourth-order valence-corrected chi connectivity index (χ4v) is 3.05. The molecule has 5 heteroatoms. The van der Waals surface area contributed by atoms with E-state index in [9.17, 15) is 13.2 Å². The Hall–Kier alpha value is -0.290. The second-order valence-corrected chi connectivity index (χ2v) is 5.03. The summed E-state index contributed by atoms with van der Waals surface area (Å²) in [4.78, 5) is 2.40. The average molecular weight is 236 g/mol. The zero-order chi connectivity index (χ0) is 11.8. The summed E-state index contributed by atoms with van der Waals surface area (Å²) in [6, 6.07) is 0.279. The van der Waals surface area contributed by atoms with Crippen molar-refractivity contribution in [3.63, 3.8) is 0 Å². The second-order valence-electron chi connectivity index (χ2n) is 5.03. The standard InChI is InChI=1S/C11H19F3N2/c1-8(7-11(12,13)14)15-9-4-6-16-5-2-3-10(9)16/h8-10,15H,2-7H2,1H3. The first-order valence-electron chi connectivity index (χ1n) is 6.02. The van der Waals surface area contributed by atoms with Crippen molar-refractivity contribution in [3.05, 3.63) is 0 Å². The Balaban J connectivity index is 1.81. The maximum atomic E-state index is 12.2. The van der Waals surface area contributed by atoms with Crippen LogP contribution in [0.15, 0.2) is 0 Å². The van der Waals surface area contributed by atoms with Gasteiger partial charge in [0.2, 0.25) is 0 Å². The highest BCUT2D eigenvalue weighted by Gasteiger charge is 2.38. The molecule has 2 saturated heterocycles. The number of nitrogens with one attached hydrogen (secondary N) is 1. The van der Waals surface area contributed by atoms with Gasteiger partial charge in [0, 0.05) is 24.7 Å². The molecule has 2 nitrogen and oxygen atoms in total. The van der Waals surface area contributed by atoms with Gasteiger partial charge in [-0.15, -0.1) is 0 Å². The minimum absolute atomic E-state index is 0.264. The molecule has 0 amide bonds. The molecule has 0 aromatic rings. The summed E-state index contributed by atoms with van der Waals surface area (Å²) in [5.41, 5.74) is 0. The van der Waals surface area contributed by atoms with Gasteiger partial charge < -0.3 is 5.32 Å². The van der Waals surface area contributed by atoms with Crippen molar-refractivity contribution >= 4 is 0 Å². The number of hydrogen-bond acceptors (Lipinski definition) is 2. The van der Waals surface area contributed by atoms with Gasteiger partial charge in [-0.3, -0.25) is 4.90 Å². The van der Waals surface area contributed by atoms with Crippen LogP contribution in [0.4, 0.5) is 13.2 Å². The molecule has 94 valence electrons. The van der Waals surface area contributed by atoms with E-state index in [0.717, 1.165) is 25.9 Å². The van der Waals surface area contributed by atoms with Crippen molar-refractivity contribution in [2.24, 2.45) is 0 Å². The van der Waals surface area contributed by atoms with Gasteiger partial charge in [-0.05, 0) is 32.7 Å². The summed E-state index contributed by atoms with van der Waals surface area (Å²) in [6.45, 7) is 3.79. The lowest BCUT2D eigenvalue weighted by atomic mass is 10.0. The van der Waals surface area contributed by atoms with Gasteiger partial charge in [-0.2, -0.15) is 13.2 Å². The predicted molar refractivity (Wildman–Crippen MR) is 56.3 cm³/mol. The summed E-state index contributed by atoms with van der Waals surface area (Å²) in [5, 5.41) is 3.15. The smallest absolute Gasteiger partial charge is 0.310 e. The highest BCUT2D eigenvalue weighted by molar-refractivity contribution is 4.96. The maximum absolute atomic E-state index is 12.2. The lowest BCUT2D eigenvalue weighted by Gasteiger charge is -2.25. The Morgan fingerprint density at radius 3 is 2.75 bits per heavy atom. The van der Waals surface area contributed by atoms with Gasteiger partial charge in [0.25, 0.3) is 0 Å². The van der Waals surface area contributed by atoms with E-state index in [1.165, 1.54) is 6.42 Å². The molecule has 2 aliphatic heterocycles. The SMILES string of the molecule is CC(CC(F)(F)F)NC1CCN2CCCC12. The third-order valence-corrected chi connectivity index (χ3v) is 3.64. The summed E-state index contributed by atoms with van der Waals surface area (Å²) in [5.74, 6) is 0. The quantitative estimate of drug-likeness (QED) is 0.807. The Labute approximate surface area is 94.2 Å². The van der Waals surface area contributed by atoms with E-state index < -0.39 is 18.6 Å². The van der Waals surface area contributed by atoms with E-state index in [0.29, 0.717) is 6.04 Å². The topological polar surface area (TPSA) is 15.3 Å². The lowest BCUT2D eigenvalue weighted by molar-refractivity contribution is -0.139. The monoisotopic (exact) mass is 236 g/mol. The normalized spacial score (nSPS) is 33.0. The van der Waals surface area contributed by atoms with Crippen LogP contribution in [0.1, 0.15) is 32.6 Å². The Kier molecular flexibility index (Phi) is 3.45. The van der Waals surface area contributed by atoms with Crippen LogP contribution in [0.5, 0.6) is 0 Å². The molecule has 1 N–H and O–H groups in total. The van der Waals surface area contributed by atoms with Gasteiger partial charge in [-0.1, -0.05) is 0 Å². The molecule has 2 aliphatic rings. The van der Waals surface area contributed by atoms with E-state index in [-0.39, 0.29) is 6.04 Å². The molecule has 3 unspecified atom stereocenters. The average Bonchev–Trinajstić information content (AvgIpc) is 2.66. The van der Waals surface area contributed by atoms with Crippen molar-refractivity contribution in [1.29, 1.82) is 0 Å². The molecule has 0 bridgehead atoms. The van der Waals surface area contributed by atoms with Crippen molar-refractivity contribution in [2.45, 2.75) is 56.9 Å². The van der Waals surface area contributed by atoms with E-state index >= 15 is 0 Å². The number of nitrogens with zero attached hydrogens (tertiary/aromatic N) is 1. The van der Waals surface area contributed by atoms with Crippen molar-refractivity contribution in [1.82, 2.24) is 10.2 Å². The second kappa shape index (κ2) is 4.53. The summed E-state index contributed by atoms with van der Waals surface area (Å²) in [7, 11) is 0. The third-order valence-electron chi connectivity index (χ3n) is 3.64. The minimum atomic E-state index is -4.06. The molecule has 0 spiro atoms. The summed E-state index contributed by atoms with van der Waals surface area (Å²) < 4.78 is 36.6. The first-order chi connectivity index (χ1) is 7.46. The zero-order valence-corrected chi connectivity index (χ0v) is 9.56. The van der Waals surface area contributed by atoms with Crippen LogP contribution < -0.4 is 5.32 Å². The largest absolute Gasteiger partial charge is 0.390 e. The highest BCUT2D eigenvalue weighted by atomic mass is 19.4. The van der Waals surface area contributed by atoms with Crippen LogP contribution in [-0.4, -0.2) is 42.3 Å². The summed E-state index contributed by atoms with van der Waals surface area (Å²) in [6.07, 6.45) is -1.46. The fraction of sp³-hybridized carbons (Fsp3) is 1.00. The van der Waals surface area contributed by atoms with Crippen LogP contribution in [0.25, 0.3) is 0 Å². The summed E-state index contributed by atoms with van der Waals surface area (Å²) >= 11 is 0. The molecule has 0 radical (unpaired) electrons. The molecular formula is C11H19F3N2. The van der Waals surface area contributed by atoms with E-state index in [1.54, 1.807) is 6.92 Å². The molecule has 0 aliphatic carbocycles. The van der Waals surface area contributed by atoms with Crippen LogP contribution in [0, 0.1) is 0 Å². The number of hydrogen-bond donors (Lipinski definition) is 1. The predicted octanol–water partition coefficient (Wildman–Crippen LogP) is 2.15. The molecule has 2 fully saturated rings. The van der Waals surface area contributed by atoms with Gasteiger partial charge in [0.15, 0.2) is 0 Å².